The number of hydrogen-bond acceptors (Lipinski definition) is 5. The van der Waals surface area contributed by atoms with Crippen LogP contribution in [-0.2, 0) is 11.2 Å². The van der Waals surface area contributed by atoms with Gasteiger partial charge in [-0.05, 0) is 48.6 Å². The SMILES string of the molecule is CO[C@H]1C[C@H](Oc2ccc(-c3cc(F)c(NC(=O)N4[C@H]5CC[C@@H]4c4c[nH]c(=O)cc4C5)cc3Cl)cn2)C1. The first-order chi connectivity index (χ1) is 17.9. The van der Waals surface area contributed by atoms with Crippen molar-refractivity contribution in [1.82, 2.24) is 14.9 Å². The van der Waals surface area contributed by atoms with Gasteiger partial charge >= 0.3 is 6.03 Å². The van der Waals surface area contributed by atoms with Gasteiger partial charge in [-0.3, -0.25) is 4.79 Å². The summed E-state index contributed by atoms with van der Waals surface area (Å²) < 4.78 is 26.2. The number of amides is 2. The van der Waals surface area contributed by atoms with E-state index in [2.05, 4.69) is 15.3 Å². The van der Waals surface area contributed by atoms with Crippen molar-refractivity contribution in [3.63, 3.8) is 0 Å². The van der Waals surface area contributed by atoms with Crippen molar-refractivity contribution >= 4 is 23.3 Å². The molecule has 2 amide bonds. The van der Waals surface area contributed by atoms with Crippen LogP contribution in [0, 0.1) is 5.82 Å². The molecule has 192 valence electrons. The first kappa shape index (κ1) is 23.9. The lowest BCUT2D eigenvalue weighted by Gasteiger charge is -2.36. The van der Waals surface area contributed by atoms with Gasteiger partial charge < -0.3 is 24.7 Å². The van der Waals surface area contributed by atoms with Gasteiger partial charge in [-0.15, -0.1) is 0 Å². The van der Waals surface area contributed by atoms with E-state index in [0.717, 1.165) is 36.8 Å². The number of nitrogens with zero attached hydrogens (tertiary/aromatic N) is 2. The average Bonchev–Trinajstić information content (AvgIpc) is 3.18. The summed E-state index contributed by atoms with van der Waals surface area (Å²) >= 11 is 6.51. The van der Waals surface area contributed by atoms with E-state index in [0.29, 0.717) is 28.5 Å². The minimum atomic E-state index is -0.595. The number of anilines is 1. The Kier molecular flexibility index (Phi) is 6.12. The van der Waals surface area contributed by atoms with Crippen LogP contribution in [0.3, 0.4) is 0 Å². The zero-order valence-electron chi connectivity index (χ0n) is 20.2. The van der Waals surface area contributed by atoms with Crippen molar-refractivity contribution in [3.05, 3.63) is 75.0 Å². The van der Waals surface area contributed by atoms with Crippen LogP contribution < -0.4 is 15.6 Å². The van der Waals surface area contributed by atoms with Crippen LogP contribution in [0.25, 0.3) is 11.1 Å². The molecule has 2 aromatic heterocycles. The largest absolute Gasteiger partial charge is 0.474 e. The van der Waals surface area contributed by atoms with Crippen LogP contribution in [0.1, 0.15) is 42.9 Å². The van der Waals surface area contributed by atoms with Gasteiger partial charge in [-0.1, -0.05) is 11.6 Å². The maximum absolute atomic E-state index is 15.1. The Bertz CT molecular complexity index is 1410. The van der Waals surface area contributed by atoms with E-state index in [9.17, 15) is 9.59 Å². The zero-order chi connectivity index (χ0) is 25.7. The van der Waals surface area contributed by atoms with Gasteiger partial charge in [0, 0.05) is 61.6 Å². The number of fused-ring (bicyclic) bond motifs is 4. The minimum absolute atomic E-state index is 0.0102. The van der Waals surface area contributed by atoms with Crippen molar-refractivity contribution in [3.8, 4) is 17.0 Å². The molecular weight excluding hydrogens is 499 g/mol. The fraction of sp³-hybridized carbons (Fsp3) is 0.370. The number of methoxy groups -OCH3 is 1. The average molecular weight is 525 g/mol. The molecule has 8 nitrogen and oxygen atoms in total. The standard InChI is InChI=1S/C27H26ClFN4O4/c1-36-17-8-18(9-17)37-26-5-2-14(12-31-26)19-10-22(29)23(11-21(19)28)32-27(35)33-16-3-4-24(33)20-13-30-25(34)7-15(20)6-16/h2,5,7,10-13,16-18,24H,3-4,6,8-9H2,1H3,(H,30,34)(H,32,35)/t16-,17-,18-,24+/m0/s1. The molecule has 1 aromatic carbocycles. The summed E-state index contributed by atoms with van der Waals surface area (Å²) in [6, 6.07) is 7.26. The van der Waals surface area contributed by atoms with Gasteiger partial charge in [-0.25, -0.2) is 14.2 Å². The maximum atomic E-state index is 15.1. The monoisotopic (exact) mass is 524 g/mol. The Hall–Kier alpha value is -3.43. The molecule has 2 aliphatic heterocycles. The maximum Gasteiger partial charge on any atom is 0.322 e. The van der Waals surface area contributed by atoms with Gasteiger partial charge in [0.25, 0.3) is 0 Å². The van der Waals surface area contributed by atoms with Gasteiger partial charge in [0.1, 0.15) is 11.9 Å². The normalized spacial score (nSPS) is 23.8. The molecule has 2 atom stereocenters. The number of rotatable bonds is 5. The highest BCUT2D eigenvalue weighted by atomic mass is 35.5. The summed E-state index contributed by atoms with van der Waals surface area (Å²) in [4.78, 5) is 33.7. The number of nitrogens with one attached hydrogen (secondary N) is 2. The molecule has 0 unspecified atom stereocenters. The third-order valence-electron chi connectivity index (χ3n) is 7.62. The summed E-state index contributed by atoms with van der Waals surface area (Å²) in [6.45, 7) is 0. The second-order valence-corrected chi connectivity index (χ2v) is 10.2. The number of halogens is 2. The second kappa shape index (κ2) is 9.46. The number of pyridine rings is 2. The summed E-state index contributed by atoms with van der Waals surface area (Å²) in [5.41, 5.74) is 2.87. The number of urea groups is 1. The number of aromatic nitrogens is 2. The molecule has 10 heteroatoms. The number of aromatic amines is 1. The fourth-order valence-corrected chi connectivity index (χ4v) is 5.86. The van der Waals surface area contributed by atoms with E-state index < -0.39 is 5.82 Å². The highest BCUT2D eigenvalue weighted by molar-refractivity contribution is 6.33. The lowest BCUT2D eigenvalue weighted by atomic mass is 9.92. The van der Waals surface area contributed by atoms with E-state index in [4.69, 9.17) is 21.1 Å². The van der Waals surface area contributed by atoms with Crippen molar-refractivity contribution in [2.75, 3.05) is 12.4 Å². The first-order valence-electron chi connectivity index (χ1n) is 12.4. The second-order valence-electron chi connectivity index (χ2n) is 9.83. The number of H-pyrrole nitrogens is 1. The van der Waals surface area contributed by atoms with Crippen molar-refractivity contribution in [1.29, 1.82) is 0 Å². The molecule has 2 fully saturated rings. The Labute approximate surface area is 217 Å². The summed E-state index contributed by atoms with van der Waals surface area (Å²) in [5.74, 6) is -0.104. The molecule has 37 heavy (non-hydrogen) atoms. The third kappa shape index (κ3) is 4.46. The van der Waals surface area contributed by atoms with Gasteiger partial charge in [-0.2, -0.15) is 0 Å². The smallest absolute Gasteiger partial charge is 0.322 e. The lowest BCUT2D eigenvalue weighted by Crippen LogP contribution is -2.44. The molecule has 4 heterocycles. The van der Waals surface area contributed by atoms with Crippen LogP contribution in [0.4, 0.5) is 14.9 Å². The van der Waals surface area contributed by atoms with Gasteiger partial charge in [0.05, 0.1) is 22.9 Å². The Morgan fingerprint density at radius 2 is 2.05 bits per heavy atom. The van der Waals surface area contributed by atoms with Crippen molar-refractivity contribution in [2.45, 2.75) is 56.4 Å². The number of carbonyl (C=O) groups is 1. The molecule has 0 spiro atoms. The highest BCUT2D eigenvalue weighted by Crippen LogP contribution is 2.43. The van der Waals surface area contributed by atoms with Crippen LogP contribution in [0.15, 0.2) is 47.5 Å². The highest BCUT2D eigenvalue weighted by Gasteiger charge is 2.43. The van der Waals surface area contributed by atoms with E-state index in [1.165, 1.54) is 12.1 Å². The molecular formula is C27H26ClFN4O4. The summed E-state index contributed by atoms with van der Waals surface area (Å²) in [5, 5.41) is 2.99. The fourth-order valence-electron chi connectivity index (χ4n) is 5.59. The molecule has 6 rings (SSSR count). The van der Waals surface area contributed by atoms with Crippen LogP contribution in [0.2, 0.25) is 5.02 Å². The van der Waals surface area contributed by atoms with Crippen LogP contribution in [-0.4, -0.2) is 46.3 Å². The summed E-state index contributed by atoms with van der Waals surface area (Å²) in [6.07, 6.45) is 7.46. The molecule has 2 N–H and O–H groups in total. The summed E-state index contributed by atoms with van der Waals surface area (Å²) in [7, 11) is 1.69. The molecule has 1 saturated carbocycles. The van der Waals surface area contributed by atoms with Gasteiger partial charge in [0.2, 0.25) is 11.4 Å². The number of benzene rings is 1. The zero-order valence-corrected chi connectivity index (χ0v) is 20.9. The van der Waals surface area contributed by atoms with Gasteiger partial charge in [0.15, 0.2) is 0 Å². The number of hydrogen-bond donors (Lipinski definition) is 2. The quantitative estimate of drug-likeness (QED) is 0.485. The van der Waals surface area contributed by atoms with Crippen molar-refractivity contribution < 1.29 is 18.7 Å². The van der Waals surface area contributed by atoms with Crippen LogP contribution >= 0.6 is 11.6 Å². The van der Waals surface area contributed by atoms with E-state index >= 15 is 4.39 Å². The molecule has 1 aliphatic carbocycles. The molecule has 3 aromatic rings. The van der Waals surface area contributed by atoms with Crippen LogP contribution in [0.5, 0.6) is 5.88 Å². The number of ether oxygens (including phenoxy) is 2. The van der Waals surface area contributed by atoms with E-state index in [1.807, 2.05) is 0 Å². The lowest BCUT2D eigenvalue weighted by molar-refractivity contribution is -0.0396. The third-order valence-corrected chi connectivity index (χ3v) is 7.93. The van der Waals surface area contributed by atoms with E-state index in [-0.39, 0.29) is 41.6 Å². The van der Waals surface area contributed by atoms with E-state index in [1.54, 1.807) is 42.6 Å². The molecule has 0 radical (unpaired) electrons. The molecule has 3 aliphatic rings. The molecule has 2 bridgehead atoms. The Balaban J connectivity index is 1.16. The Morgan fingerprint density at radius 1 is 1.22 bits per heavy atom. The topological polar surface area (TPSA) is 96.5 Å². The number of carbonyl (C=O) groups excluding carboxylic acids is 1. The minimum Gasteiger partial charge on any atom is -0.474 e. The van der Waals surface area contributed by atoms with Crippen molar-refractivity contribution in [2.24, 2.45) is 0 Å². The Morgan fingerprint density at radius 3 is 2.81 bits per heavy atom. The predicted molar refractivity (Wildman–Crippen MR) is 136 cm³/mol. The predicted octanol–water partition coefficient (Wildman–Crippen LogP) is 5.08. The molecule has 1 saturated heterocycles. The first-order valence-corrected chi connectivity index (χ1v) is 12.7.